The van der Waals surface area contributed by atoms with E-state index in [0.717, 1.165) is 0 Å². The molecule has 0 aromatic heterocycles. The molecule has 0 fully saturated rings. The molecule has 0 heterocycles. The van der Waals surface area contributed by atoms with Gasteiger partial charge < -0.3 is 32.2 Å². The number of carboxylic acids is 2. The van der Waals surface area contributed by atoms with Gasteiger partial charge in [0.05, 0.1) is 13.2 Å². The zero-order valence-corrected chi connectivity index (χ0v) is 12.1. The van der Waals surface area contributed by atoms with Crippen LogP contribution in [-0.4, -0.2) is 53.2 Å². The quantitative estimate of drug-likeness (QED) is 0.353. The van der Waals surface area contributed by atoms with E-state index in [1.165, 1.54) is 6.92 Å². The molecule has 0 radical (unpaired) electrons. The van der Waals surface area contributed by atoms with Crippen LogP contribution in [0.5, 0.6) is 0 Å². The first-order valence-corrected chi connectivity index (χ1v) is 5.90. The lowest BCUT2D eigenvalue weighted by Crippen LogP contribution is -2.31. The van der Waals surface area contributed by atoms with Crippen molar-refractivity contribution in [3.8, 4) is 0 Å². The first-order valence-electron chi connectivity index (χ1n) is 5.90. The van der Waals surface area contributed by atoms with Crippen molar-refractivity contribution in [1.82, 2.24) is 0 Å². The molecule has 124 valence electrons. The maximum absolute atomic E-state index is 10.1. The third kappa shape index (κ3) is 31.9. The molecule has 0 bridgehead atoms. The number of carbonyl (C=O) groups excluding carboxylic acids is 2. The van der Waals surface area contributed by atoms with Crippen LogP contribution < -0.4 is 17.2 Å². The van der Waals surface area contributed by atoms with E-state index in [2.05, 4.69) is 10.5 Å². The second-order valence-corrected chi connectivity index (χ2v) is 3.47. The monoisotopic (exact) mass is 309 g/mol. The summed E-state index contributed by atoms with van der Waals surface area (Å²) in [6, 6.07) is -0.979. The van der Waals surface area contributed by atoms with Gasteiger partial charge in [0.15, 0.2) is 0 Å². The molecule has 8 N–H and O–H groups in total. The Hall–Kier alpha value is -2.20. The van der Waals surface area contributed by atoms with Crippen LogP contribution in [0.3, 0.4) is 0 Å². The van der Waals surface area contributed by atoms with Gasteiger partial charge in [-0.2, -0.15) is 0 Å². The number of ether oxygens (including phenoxy) is 1. The molecule has 1 atom stereocenters. The molecule has 0 aromatic rings. The molecule has 1 amide bonds. The number of nitrogens with two attached hydrogens (primary N) is 3. The third-order valence-electron chi connectivity index (χ3n) is 1.54. The van der Waals surface area contributed by atoms with Gasteiger partial charge >= 0.3 is 17.9 Å². The van der Waals surface area contributed by atoms with E-state index in [1.807, 2.05) is 0 Å². The SMILES string of the molecule is CCOC(C)=O.NC(=O)CC[C@H](N)C(=O)O.NCC(=O)O. The van der Waals surface area contributed by atoms with E-state index >= 15 is 0 Å². The minimum atomic E-state index is -1.11. The minimum Gasteiger partial charge on any atom is -0.480 e. The first-order chi connectivity index (χ1) is 9.58. The Morgan fingerprint density at radius 2 is 1.62 bits per heavy atom. The molecular weight excluding hydrogens is 286 g/mol. The lowest BCUT2D eigenvalue weighted by atomic mass is 10.2. The Bertz CT molecular complexity index is 334. The average Bonchev–Trinajstić information content (AvgIpc) is 2.36. The van der Waals surface area contributed by atoms with Crippen molar-refractivity contribution in [2.24, 2.45) is 17.2 Å². The maximum Gasteiger partial charge on any atom is 0.320 e. The van der Waals surface area contributed by atoms with Gasteiger partial charge in [-0.1, -0.05) is 0 Å². The number of hydrogen-bond acceptors (Lipinski definition) is 7. The number of rotatable bonds is 6. The molecule has 10 nitrogen and oxygen atoms in total. The average molecular weight is 309 g/mol. The normalized spacial score (nSPS) is 9.90. The zero-order chi connectivity index (χ0) is 17.4. The van der Waals surface area contributed by atoms with Crippen molar-refractivity contribution in [1.29, 1.82) is 0 Å². The Kier molecular flexibility index (Phi) is 18.0. The lowest BCUT2D eigenvalue weighted by Gasteiger charge is -2.01. The Labute approximate surface area is 122 Å². The molecule has 0 spiro atoms. The van der Waals surface area contributed by atoms with Crippen LogP contribution in [0.2, 0.25) is 0 Å². The fraction of sp³-hybridized carbons (Fsp3) is 0.636. The second kappa shape index (κ2) is 15.9. The summed E-state index contributed by atoms with van der Waals surface area (Å²) in [4.78, 5) is 39.2. The summed E-state index contributed by atoms with van der Waals surface area (Å²) in [5, 5.41) is 15.8. The fourth-order valence-corrected chi connectivity index (χ4v) is 0.624. The van der Waals surface area contributed by atoms with Crippen molar-refractivity contribution < 1.29 is 34.1 Å². The van der Waals surface area contributed by atoms with Gasteiger partial charge in [-0.3, -0.25) is 19.2 Å². The maximum atomic E-state index is 10.1. The Morgan fingerprint density at radius 3 is 1.76 bits per heavy atom. The predicted molar refractivity (Wildman–Crippen MR) is 73.0 cm³/mol. The predicted octanol–water partition coefficient (Wildman–Crippen LogP) is -1.74. The molecule has 0 aromatic carbocycles. The standard InChI is InChI=1S/C5H10N2O3.C4H8O2.C2H5NO2/c6-3(5(9)10)1-2-4(7)8;1-3-6-4(2)5;3-1-2(4)5/h3H,1-2,6H2,(H2,7,8)(H,9,10);3H2,1-2H3;1,3H2,(H,4,5)/t3-;;/m0../s1. The Balaban J connectivity index is -0.000000252. The molecule has 0 saturated carbocycles. The van der Waals surface area contributed by atoms with Crippen LogP contribution in [0.4, 0.5) is 0 Å². The van der Waals surface area contributed by atoms with Crippen LogP contribution in [0.1, 0.15) is 26.7 Å². The number of carboxylic acid groups (broad SMARTS) is 2. The molecule has 10 heteroatoms. The molecule has 0 aliphatic heterocycles. The number of carbonyl (C=O) groups is 4. The van der Waals surface area contributed by atoms with Crippen LogP contribution in [0.15, 0.2) is 0 Å². The molecule has 0 rings (SSSR count). The Morgan fingerprint density at radius 1 is 1.19 bits per heavy atom. The van der Waals surface area contributed by atoms with E-state index < -0.39 is 23.9 Å². The highest BCUT2D eigenvalue weighted by Crippen LogP contribution is 1.92. The molecule has 0 unspecified atom stereocenters. The van der Waals surface area contributed by atoms with Crippen LogP contribution >= 0.6 is 0 Å². The van der Waals surface area contributed by atoms with Crippen LogP contribution in [-0.2, 0) is 23.9 Å². The second-order valence-electron chi connectivity index (χ2n) is 3.47. The van der Waals surface area contributed by atoms with Crippen molar-refractivity contribution >= 4 is 23.8 Å². The number of esters is 1. The molecule has 0 saturated heterocycles. The van der Waals surface area contributed by atoms with E-state index in [-0.39, 0.29) is 25.4 Å². The summed E-state index contributed by atoms with van der Waals surface area (Å²) in [7, 11) is 0. The smallest absolute Gasteiger partial charge is 0.320 e. The number of aliphatic carboxylic acids is 2. The first kappa shape index (κ1) is 23.9. The summed E-state index contributed by atoms with van der Waals surface area (Å²) < 4.78 is 4.40. The van der Waals surface area contributed by atoms with Crippen molar-refractivity contribution in [2.75, 3.05) is 13.2 Å². The van der Waals surface area contributed by atoms with Crippen LogP contribution in [0.25, 0.3) is 0 Å². The van der Waals surface area contributed by atoms with E-state index in [1.54, 1.807) is 6.92 Å². The number of primary amides is 1. The highest BCUT2D eigenvalue weighted by molar-refractivity contribution is 5.77. The summed E-state index contributed by atoms with van der Waals surface area (Å²) in [6.07, 6.45) is 0.123. The van der Waals surface area contributed by atoms with Gasteiger partial charge in [-0.25, -0.2) is 0 Å². The fourth-order valence-electron chi connectivity index (χ4n) is 0.624. The van der Waals surface area contributed by atoms with Crippen molar-refractivity contribution in [2.45, 2.75) is 32.7 Å². The number of amides is 1. The molecule has 0 aliphatic rings. The largest absolute Gasteiger partial charge is 0.480 e. The summed E-state index contributed by atoms with van der Waals surface area (Å²) in [5.41, 5.74) is 14.4. The van der Waals surface area contributed by atoms with Gasteiger partial charge in [0.2, 0.25) is 5.91 Å². The topological polar surface area (TPSA) is 196 Å². The minimum absolute atomic E-state index is 0.0213. The zero-order valence-electron chi connectivity index (χ0n) is 12.1. The van der Waals surface area contributed by atoms with Gasteiger partial charge in [-0.05, 0) is 13.3 Å². The van der Waals surface area contributed by atoms with Crippen molar-refractivity contribution in [3.05, 3.63) is 0 Å². The molecular formula is C11H23N3O7. The van der Waals surface area contributed by atoms with Crippen LogP contribution in [0, 0.1) is 0 Å². The highest BCUT2D eigenvalue weighted by atomic mass is 16.5. The van der Waals surface area contributed by atoms with Gasteiger partial charge in [-0.15, -0.1) is 0 Å². The van der Waals surface area contributed by atoms with Gasteiger partial charge in [0.25, 0.3) is 0 Å². The summed E-state index contributed by atoms with van der Waals surface area (Å²) in [6.45, 7) is 3.38. The molecule has 21 heavy (non-hydrogen) atoms. The highest BCUT2D eigenvalue weighted by Gasteiger charge is 2.11. The van der Waals surface area contributed by atoms with Crippen molar-refractivity contribution in [3.63, 3.8) is 0 Å². The summed E-state index contributed by atoms with van der Waals surface area (Å²) >= 11 is 0. The summed E-state index contributed by atoms with van der Waals surface area (Å²) in [5.74, 6) is -2.82. The van der Waals surface area contributed by atoms with Gasteiger partial charge in [0, 0.05) is 13.3 Å². The van der Waals surface area contributed by atoms with E-state index in [0.29, 0.717) is 6.61 Å². The third-order valence-corrected chi connectivity index (χ3v) is 1.54. The van der Waals surface area contributed by atoms with E-state index in [9.17, 15) is 19.2 Å². The van der Waals surface area contributed by atoms with Gasteiger partial charge in [0.1, 0.15) is 6.04 Å². The lowest BCUT2D eigenvalue weighted by molar-refractivity contribution is -0.140. The molecule has 0 aliphatic carbocycles. The van der Waals surface area contributed by atoms with E-state index in [4.69, 9.17) is 21.7 Å². The number of hydrogen-bond donors (Lipinski definition) is 5.